The molecule has 0 aromatic carbocycles. The SMILES string of the molecule is CC(C)(C(=O)N1CCSCC1)N1CCNCC1. The van der Waals surface area contributed by atoms with Crippen molar-refractivity contribution in [1.82, 2.24) is 15.1 Å². The highest BCUT2D eigenvalue weighted by Gasteiger charge is 2.38. The van der Waals surface area contributed by atoms with Gasteiger partial charge in [-0.15, -0.1) is 0 Å². The summed E-state index contributed by atoms with van der Waals surface area (Å²) in [7, 11) is 0. The molecule has 0 spiro atoms. The Balaban J connectivity index is 1.99. The quantitative estimate of drug-likeness (QED) is 0.769. The van der Waals surface area contributed by atoms with Gasteiger partial charge in [-0.25, -0.2) is 0 Å². The first-order valence-corrected chi connectivity index (χ1v) is 7.61. The normalized spacial score (nSPS) is 23.8. The maximum absolute atomic E-state index is 12.6. The molecule has 17 heavy (non-hydrogen) atoms. The highest BCUT2D eigenvalue weighted by atomic mass is 32.2. The lowest BCUT2D eigenvalue weighted by Crippen LogP contribution is -2.61. The summed E-state index contributed by atoms with van der Waals surface area (Å²) in [6.45, 7) is 9.91. The smallest absolute Gasteiger partial charge is 0.242 e. The molecule has 4 nitrogen and oxygen atoms in total. The summed E-state index contributed by atoms with van der Waals surface area (Å²) in [6.07, 6.45) is 0. The van der Waals surface area contributed by atoms with Gasteiger partial charge >= 0.3 is 0 Å². The maximum atomic E-state index is 12.6. The van der Waals surface area contributed by atoms with Crippen LogP contribution >= 0.6 is 11.8 Å². The van der Waals surface area contributed by atoms with Crippen LogP contribution in [0.2, 0.25) is 0 Å². The van der Waals surface area contributed by atoms with Crippen molar-refractivity contribution >= 4 is 17.7 Å². The number of rotatable bonds is 2. The summed E-state index contributed by atoms with van der Waals surface area (Å²) < 4.78 is 0. The van der Waals surface area contributed by atoms with Crippen LogP contribution in [0.1, 0.15) is 13.8 Å². The van der Waals surface area contributed by atoms with E-state index in [0.29, 0.717) is 5.91 Å². The third-order valence-corrected chi connectivity index (χ3v) is 4.67. The third-order valence-electron chi connectivity index (χ3n) is 3.73. The monoisotopic (exact) mass is 257 g/mol. The Morgan fingerprint density at radius 1 is 1.12 bits per heavy atom. The van der Waals surface area contributed by atoms with Crippen molar-refractivity contribution in [2.75, 3.05) is 50.8 Å². The standard InChI is InChI=1S/C12H23N3OS/c1-12(2,15-5-3-13-4-6-15)11(16)14-7-9-17-10-8-14/h13H,3-10H2,1-2H3. The van der Waals surface area contributed by atoms with Crippen LogP contribution in [0, 0.1) is 0 Å². The summed E-state index contributed by atoms with van der Waals surface area (Å²) in [5, 5.41) is 3.34. The van der Waals surface area contributed by atoms with Crippen LogP contribution in [0.25, 0.3) is 0 Å². The van der Waals surface area contributed by atoms with Gasteiger partial charge < -0.3 is 10.2 Å². The van der Waals surface area contributed by atoms with Crippen LogP contribution in [0.3, 0.4) is 0 Å². The maximum Gasteiger partial charge on any atom is 0.242 e. The molecule has 0 saturated carbocycles. The average Bonchev–Trinajstić information content (AvgIpc) is 2.40. The van der Waals surface area contributed by atoms with Crippen molar-refractivity contribution in [3.63, 3.8) is 0 Å². The zero-order valence-electron chi connectivity index (χ0n) is 10.9. The van der Waals surface area contributed by atoms with E-state index in [-0.39, 0.29) is 5.54 Å². The molecule has 2 rings (SSSR count). The molecule has 0 bridgehead atoms. The molecule has 0 radical (unpaired) electrons. The van der Waals surface area contributed by atoms with E-state index < -0.39 is 0 Å². The fourth-order valence-corrected chi connectivity index (χ4v) is 3.42. The Hall–Kier alpha value is -0.260. The molecule has 0 atom stereocenters. The van der Waals surface area contributed by atoms with E-state index in [9.17, 15) is 4.79 Å². The molecule has 0 aromatic heterocycles. The molecule has 0 unspecified atom stereocenters. The number of carbonyl (C=O) groups is 1. The number of hydrogen-bond acceptors (Lipinski definition) is 4. The van der Waals surface area contributed by atoms with Crippen molar-refractivity contribution in [2.45, 2.75) is 19.4 Å². The Kier molecular flexibility index (Phi) is 4.33. The van der Waals surface area contributed by atoms with Crippen LogP contribution in [-0.2, 0) is 4.79 Å². The lowest BCUT2D eigenvalue weighted by atomic mass is 9.99. The molecule has 2 saturated heterocycles. The Morgan fingerprint density at radius 3 is 2.29 bits per heavy atom. The topological polar surface area (TPSA) is 35.6 Å². The largest absolute Gasteiger partial charge is 0.339 e. The predicted octanol–water partition coefficient (Wildman–Crippen LogP) is 0.246. The summed E-state index contributed by atoms with van der Waals surface area (Å²) in [6, 6.07) is 0. The number of amides is 1. The number of nitrogens with zero attached hydrogens (tertiary/aromatic N) is 2. The van der Waals surface area contributed by atoms with Crippen molar-refractivity contribution in [3.8, 4) is 0 Å². The second kappa shape index (κ2) is 5.59. The first-order valence-electron chi connectivity index (χ1n) is 6.45. The Morgan fingerprint density at radius 2 is 1.71 bits per heavy atom. The molecule has 1 N–H and O–H groups in total. The van der Waals surface area contributed by atoms with E-state index in [1.54, 1.807) is 0 Å². The molecule has 98 valence electrons. The van der Waals surface area contributed by atoms with Gasteiger partial charge in [0.1, 0.15) is 0 Å². The Labute approximate surface area is 108 Å². The zero-order valence-corrected chi connectivity index (χ0v) is 11.7. The summed E-state index contributed by atoms with van der Waals surface area (Å²) in [5.41, 5.74) is -0.343. The van der Waals surface area contributed by atoms with E-state index in [1.165, 1.54) is 0 Å². The molecule has 0 aliphatic carbocycles. The van der Waals surface area contributed by atoms with E-state index >= 15 is 0 Å². The molecule has 2 fully saturated rings. The highest BCUT2D eigenvalue weighted by molar-refractivity contribution is 7.99. The minimum absolute atomic E-state index is 0.305. The second-order valence-electron chi connectivity index (χ2n) is 5.20. The molecule has 2 heterocycles. The summed E-state index contributed by atoms with van der Waals surface area (Å²) in [4.78, 5) is 16.9. The van der Waals surface area contributed by atoms with Gasteiger partial charge in [0.05, 0.1) is 5.54 Å². The molecule has 0 aromatic rings. The van der Waals surface area contributed by atoms with E-state index in [2.05, 4.69) is 24.1 Å². The Bertz CT molecular complexity index is 271. The summed E-state index contributed by atoms with van der Waals surface area (Å²) >= 11 is 1.94. The van der Waals surface area contributed by atoms with Gasteiger partial charge in [0.25, 0.3) is 0 Å². The van der Waals surface area contributed by atoms with Crippen LogP contribution in [0.4, 0.5) is 0 Å². The zero-order chi connectivity index (χ0) is 12.3. The van der Waals surface area contributed by atoms with Gasteiger partial charge in [0.2, 0.25) is 5.91 Å². The highest BCUT2D eigenvalue weighted by Crippen LogP contribution is 2.20. The lowest BCUT2D eigenvalue weighted by Gasteiger charge is -2.43. The molecule has 2 aliphatic heterocycles. The van der Waals surface area contributed by atoms with Gasteiger partial charge in [-0.1, -0.05) is 0 Å². The number of thioether (sulfide) groups is 1. The third kappa shape index (κ3) is 2.95. The number of hydrogen-bond donors (Lipinski definition) is 1. The minimum atomic E-state index is -0.343. The molecular weight excluding hydrogens is 234 g/mol. The van der Waals surface area contributed by atoms with Crippen molar-refractivity contribution in [2.24, 2.45) is 0 Å². The van der Waals surface area contributed by atoms with E-state index in [1.807, 2.05) is 16.7 Å². The number of nitrogens with one attached hydrogen (secondary N) is 1. The van der Waals surface area contributed by atoms with Gasteiger partial charge in [0, 0.05) is 50.8 Å². The van der Waals surface area contributed by atoms with Crippen LogP contribution in [0.5, 0.6) is 0 Å². The lowest BCUT2D eigenvalue weighted by molar-refractivity contribution is -0.142. The number of piperazine rings is 1. The van der Waals surface area contributed by atoms with Gasteiger partial charge in [0.15, 0.2) is 0 Å². The fraction of sp³-hybridized carbons (Fsp3) is 0.917. The van der Waals surface area contributed by atoms with E-state index in [4.69, 9.17) is 0 Å². The van der Waals surface area contributed by atoms with Crippen molar-refractivity contribution in [3.05, 3.63) is 0 Å². The van der Waals surface area contributed by atoms with E-state index in [0.717, 1.165) is 50.8 Å². The minimum Gasteiger partial charge on any atom is -0.339 e. The van der Waals surface area contributed by atoms with Gasteiger partial charge in [-0.3, -0.25) is 9.69 Å². The summed E-state index contributed by atoms with van der Waals surface area (Å²) in [5.74, 6) is 2.48. The van der Waals surface area contributed by atoms with Crippen LogP contribution in [-0.4, -0.2) is 72.0 Å². The average molecular weight is 257 g/mol. The van der Waals surface area contributed by atoms with Gasteiger partial charge in [-0.05, 0) is 13.8 Å². The van der Waals surface area contributed by atoms with Crippen molar-refractivity contribution in [1.29, 1.82) is 0 Å². The molecular formula is C12H23N3OS. The second-order valence-corrected chi connectivity index (χ2v) is 6.43. The first-order chi connectivity index (χ1) is 8.12. The molecule has 5 heteroatoms. The van der Waals surface area contributed by atoms with Crippen LogP contribution in [0.15, 0.2) is 0 Å². The number of carbonyl (C=O) groups excluding carboxylic acids is 1. The molecule has 1 amide bonds. The van der Waals surface area contributed by atoms with Crippen molar-refractivity contribution < 1.29 is 4.79 Å². The fourth-order valence-electron chi connectivity index (χ4n) is 2.51. The van der Waals surface area contributed by atoms with Crippen LogP contribution < -0.4 is 5.32 Å². The predicted molar refractivity (Wildman–Crippen MR) is 72.4 cm³/mol. The van der Waals surface area contributed by atoms with Gasteiger partial charge in [-0.2, -0.15) is 11.8 Å². The first kappa shape index (κ1) is 13.2. The molecule has 2 aliphatic rings.